The van der Waals surface area contributed by atoms with Crippen molar-refractivity contribution in [2.75, 3.05) is 5.32 Å². The topological polar surface area (TPSA) is 64.7 Å². The number of carbonyl (C=O) groups is 1. The summed E-state index contributed by atoms with van der Waals surface area (Å²) in [6.45, 7) is 8.15. The van der Waals surface area contributed by atoms with Gasteiger partial charge in [0.05, 0.1) is 0 Å². The van der Waals surface area contributed by atoms with Gasteiger partial charge in [0.2, 0.25) is 5.91 Å². The van der Waals surface area contributed by atoms with Gasteiger partial charge in [0.25, 0.3) is 0 Å². The molecule has 6 nitrogen and oxygen atoms in total. The van der Waals surface area contributed by atoms with Gasteiger partial charge in [-0.15, -0.1) is 0 Å². The predicted octanol–water partition coefficient (Wildman–Crippen LogP) is 2.64. The Morgan fingerprint density at radius 3 is 3.09 bits per heavy atom. The second kappa shape index (κ2) is 6.56. The molecule has 3 rings (SSSR count). The summed E-state index contributed by atoms with van der Waals surface area (Å²) >= 11 is 0. The summed E-state index contributed by atoms with van der Waals surface area (Å²) < 4.78 is 4.10. The number of anilines is 1. The molecule has 0 bridgehead atoms. The highest BCUT2D eigenvalue weighted by molar-refractivity contribution is 5.91. The lowest BCUT2D eigenvalue weighted by atomic mass is 9.95. The summed E-state index contributed by atoms with van der Waals surface area (Å²) in [6, 6.07) is 1.87. The van der Waals surface area contributed by atoms with Crippen LogP contribution in [0.5, 0.6) is 0 Å². The molecule has 0 saturated heterocycles. The molecule has 0 fully saturated rings. The summed E-state index contributed by atoms with van der Waals surface area (Å²) in [5.41, 5.74) is 1.15. The summed E-state index contributed by atoms with van der Waals surface area (Å²) in [5, 5.41) is 7.39. The number of aryl methyl sites for hydroxylation is 2. The summed E-state index contributed by atoms with van der Waals surface area (Å²) in [7, 11) is 0. The van der Waals surface area contributed by atoms with Crippen LogP contribution in [0.4, 0.5) is 5.82 Å². The van der Waals surface area contributed by atoms with Crippen LogP contribution in [-0.4, -0.2) is 25.2 Å². The fraction of sp³-hybridized carbons (Fsp3) is 0.588. The molecule has 1 amide bonds. The molecule has 0 aliphatic carbocycles. The highest BCUT2D eigenvalue weighted by Gasteiger charge is 2.26. The van der Waals surface area contributed by atoms with Gasteiger partial charge in [0, 0.05) is 49.6 Å². The quantitative estimate of drug-likeness (QED) is 0.922. The number of nitrogens with zero attached hydrogens (tertiary/aromatic N) is 4. The van der Waals surface area contributed by atoms with Gasteiger partial charge in [0.15, 0.2) is 5.82 Å². The molecule has 1 aliphatic rings. The van der Waals surface area contributed by atoms with Gasteiger partial charge >= 0.3 is 0 Å². The smallest absolute Gasteiger partial charge is 0.229 e. The van der Waals surface area contributed by atoms with E-state index in [1.54, 1.807) is 0 Å². The maximum Gasteiger partial charge on any atom is 0.229 e. The van der Waals surface area contributed by atoms with Crippen molar-refractivity contribution >= 4 is 11.7 Å². The Morgan fingerprint density at radius 2 is 2.30 bits per heavy atom. The van der Waals surface area contributed by atoms with Crippen LogP contribution in [0.2, 0.25) is 0 Å². The highest BCUT2D eigenvalue weighted by Crippen LogP contribution is 2.23. The van der Waals surface area contributed by atoms with Crippen LogP contribution in [0.3, 0.4) is 0 Å². The molecule has 0 aromatic carbocycles. The number of amides is 1. The lowest BCUT2D eigenvalue weighted by Gasteiger charge is -2.23. The minimum Gasteiger partial charge on any atom is -0.332 e. The van der Waals surface area contributed by atoms with E-state index in [-0.39, 0.29) is 11.8 Å². The van der Waals surface area contributed by atoms with Crippen molar-refractivity contribution in [3.05, 3.63) is 30.0 Å². The molecule has 2 aromatic heterocycles. The molecular weight excluding hydrogens is 290 g/mol. The zero-order chi connectivity index (χ0) is 16.4. The van der Waals surface area contributed by atoms with E-state index in [2.05, 4.69) is 33.8 Å². The van der Waals surface area contributed by atoms with Crippen LogP contribution in [0.1, 0.15) is 38.2 Å². The van der Waals surface area contributed by atoms with Crippen LogP contribution >= 0.6 is 0 Å². The van der Waals surface area contributed by atoms with Crippen molar-refractivity contribution in [2.24, 2.45) is 11.8 Å². The SMILES string of the molecule is Cc1ncc2n1CCC(C(=O)Nc1ccn(CCC(C)C)n1)C2. The van der Waals surface area contributed by atoms with E-state index >= 15 is 0 Å². The van der Waals surface area contributed by atoms with E-state index in [4.69, 9.17) is 0 Å². The Kier molecular flexibility index (Phi) is 4.50. The van der Waals surface area contributed by atoms with Gasteiger partial charge in [-0.2, -0.15) is 5.10 Å². The molecule has 1 atom stereocenters. The maximum absolute atomic E-state index is 12.5. The first kappa shape index (κ1) is 15.8. The number of aromatic nitrogens is 4. The molecule has 0 saturated carbocycles. The predicted molar refractivity (Wildman–Crippen MR) is 89.1 cm³/mol. The molecule has 124 valence electrons. The number of carbonyl (C=O) groups excluding carboxylic acids is 1. The molecule has 2 aromatic rings. The van der Waals surface area contributed by atoms with E-state index in [1.165, 1.54) is 0 Å². The first-order valence-corrected chi connectivity index (χ1v) is 8.38. The van der Waals surface area contributed by atoms with Crippen molar-refractivity contribution in [3.63, 3.8) is 0 Å². The number of hydrogen-bond donors (Lipinski definition) is 1. The van der Waals surface area contributed by atoms with Crippen LogP contribution in [0, 0.1) is 18.8 Å². The van der Waals surface area contributed by atoms with Crippen LogP contribution in [0.25, 0.3) is 0 Å². The largest absolute Gasteiger partial charge is 0.332 e. The molecule has 3 heterocycles. The Labute approximate surface area is 136 Å². The zero-order valence-corrected chi connectivity index (χ0v) is 14.1. The van der Waals surface area contributed by atoms with Crippen LogP contribution in [0.15, 0.2) is 18.5 Å². The minimum absolute atomic E-state index is 0.000543. The summed E-state index contributed by atoms with van der Waals surface area (Å²) in [5.74, 6) is 2.38. The van der Waals surface area contributed by atoms with Crippen molar-refractivity contribution in [3.8, 4) is 0 Å². The normalized spacial score (nSPS) is 17.3. The van der Waals surface area contributed by atoms with Crippen LogP contribution in [-0.2, 0) is 24.3 Å². The molecule has 1 aliphatic heterocycles. The lowest BCUT2D eigenvalue weighted by molar-refractivity contribution is -0.120. The summed E-state index contributed by atoms with van der Waals surface area (Å²) in [4.78, 5) is 16.8. The van der Waals surface area contributed by atoms with E-state index in [0.717, 1.165) is 43.9 Å². The number of rotatable bonds is 5. The van der Waals surface area contributed by atoms with E-state index in [9.17, 15) is 4.79 Å². The third-order valence-electron chi connectivity index (χ3n) is 4.49. The Morgan fingerprint density at radius 1 is 1.48 bits per heavy atom. The van der Waals surface area contributed by atoms with Crippen molar-refractivity contribution in [1.29, 1.82) is 0 Å². The standard InChI is InChI=1S/C17H25N5O/c1-12(2)4-7-21-8-6-16(20-21)19-17(23)14-5-9-22-13(3)18-11-15(22)10-14/h6,8,11-12,14H,4-5,7,9-10H2,1-3H3,(H,19,20,23). The Hall–Kier alpha value is -2.11. The fourth-order valence-corrected chi connectivity index (χ4v) is 3.02. The van der Waals surface area contributed by atoms with Gasteiger partial charge in [0.1, 0.15) is 5.82 Å². The molecule has 6 heteroatoms. The van der Waals surface area contributed by atoms with Gasteiger partial charge in [-0.1, -0.05) is 13.8 Å². The van der Waals surface area contributed by atoms with Crippen molar-refractivity contribution in [1.82, 2.24) is 19.3 Å². The highest BCUT2D eigenvalue weighted by atomic mass is 16.2. The maximum atomic E-state index is 12.5. The van der Waals surface area contributed by atoms with Crippen LogP contribution < -0.4 is 5.32 Å². The monoisotopic (exact) mass is 315 g/mol. The third-order valence-corrected chi connectivity index (χ3v) is 4.49. The van der Waals surface area contributed by atoms with Crippen molar-refractivity contribution < 1.29 is 4.79 Å². The minimum atomic E-state index is -0.000543. The lowest BCUT2D eigenvalue weighted by Crippen LogP contribution is -2.30. The molecule has 1 unspecified atom stereocenters. The average molecular weight is 315 g/mol. The second-order valence-electron chi connectivity index (χ2n) is 6.77. The number of imidazole rings is 1. The molecule has 1 N–H and O–H groups in total. The molecule has 0 spiro atoms. The first-order chi connectivity index (χ1) is 11.0. The molecule has 23 heavy (non-hydrogen) atoms. The Balaban J connectivity index is 1.57. The number of fused-ring (bicyclic) bond motifs is 1. The molecule has 0 radical (unpaired) electrons. The van der Waals surface area contributed by atoms with E-state index in [0.29, 0.717) is 11.7 Å². The third kappa shape index (κ3) is 3.63. The van der Waals surface area contributed by atoms with Gasteiger partial charge < -0.3 is 9.88 Å². The number of nitrogens with one attached hydrogen (secondary N) is 1. The van der Waals surface area contributed by atoms with Gasteiger partial charge in [-0.25, -0.2) is 4.98 Å². The zero-order valence-electron chi connectivity index (χ0n) is 14.1. The number of hydrogen-bond acceptors (Lipinski definition) is 3. The van der Waals surface area contributed by atoms with E-state index in [1.807, 2.05) is 30.1 Å². The molecular formula is C17H25N5O. The first-order valence-electron chi connectivity index (χ1n) is 8.38. The average Bonchev–Trinajstić information content (AvgIpc) is 3.12. The van der Waals surface area contributed by atoms with E-state index < -0.39 is 0 Å². The fourth-order valence-electron chi connectivity index (χ4n) is 3.02. The van der Waals surface area contributed by atoms with Crippen molar-refractivity contribution in [2.45, 2.75) is 53.1 Å². The van der Waals surface area contributed by atoms with Gasteiger partial charge in [-0.3, -0.25) is 9.48 Å². The Bertz CT molecular complexity index is 685. The second-order valence-corrected chi connectivity index (χ2v) is 6.77. The van der Waals surface area contributed by atoms with Gasteiger partial charge in [-0.05, 0) is 25.7 Å². The summed E-state index contributed by atoms with van der Waals surface area (Å²) in [6.07, 6.45) is 6.50.